The summed E-state index contributed by atoms with van der Waals surface area (Å²) in [5, 5.41) is 0. The summed E-state index contributed by atoms with van der Waals surface area (Å²) in [4.78, 5) is 14.9. The van der Waals surface area contributed by atoms with E-state index in [9.17, 15) is 4.79 Å². The molecule has 0 bridgehead atoms. The molecule has 0 unspecified atom stereocenters. The maximum Gasteiger partial charge on any atom is 0.283 e. The molecule has 0 aliphatic heterocycles. The van der Waals surface area contributed by atoms with Crippen molar-refractivity contribution in [2.75, 3.05) is 0 Å². The second-order valence-electron chi connectivity index (χ2n) is 2.19. The number of aromatic nitrogens is 1. The molecule has 0 aliphatic rings. The van der Waals surface area contributed by atoms with E-state index in [1.165, 1.54) is 0 Å². The third-order valence-corrected chi connectivity index (χ3v) is 1.38. The van der Waals surface area contributed by atoms with Gasteiger partial charge in [-0.1, -0.05) is 6.07 Å². The lowest BCUT2D eigenvalue weighted by Crippen LogP contribution is -2.30. The Morgan fingerprint density at radius 3 is 2.92 bits per heavy atom. The molecule has 5 nitrogen and oxygen atoms in total. The second kappa shape index (κ2) is 3.80. The van der Waals surface area contributed by atoms with E-state index in [1.807, 2.05) is 5.43 Å². The largest absolute Gasteiger partial charge is 0.325 e. The topological polar surface area (TPSA) is 94.0 Å². The van der Waals surface area contributed by atoms with Gasteiger partial charge in [0.05, 0.1) is 5.69 Å². The Labute approximate surface area is 69.7 Å². The first-order valence-electron chi connectivity index (χ1n) is 3.45. The van der Waals surface area contributed by atoms with Crippen LogP contribution >= 0.6 is 0 Å². The summed E-state index contributed by atoms with van der Waals surface area (Å²) in [5.41, 5.74) is 8.27. The van der Waals surface area contributed by atoms with E-state index in [1.54, 1.807) is 18.2 Å². The fourth-order valence-corrected chi connectivity index (χ4v) is 0.794. The number of hydrazine groups is 1. The Hall–Kier alpha value is -1.46. The van der Waals surface area contributed by atoms with Crippen molar-refractivity contribution in [3.8, 4) is 0 Å². The molecular formula is C7H10N4O. The van der Waals surface area contributed by atoms with Gasteiger partial charge in [-0.3, -0.25) is 10.2 Å². The fourth-order valence-electron chi connectivity index (χ4n) is 0.794. The average molecular weight is 166 g/mol. The quantitative estimate of drug-likeness (QED) is 0.303. The van der Waals surface area contributed by atoms with Crippen LogP contribution in [-0.2, 0) is 6.54 Å². The van der Waals surface area contributed by atoms with Gasteiger partial charge in [-0.15, -0.1) is 0 Å². The highest BCUT2D eigenvalue weighted by molar-refractivity contribution is 5.91. The van der Waals surface area contributed by atoms with Gasteiger partial charge in [0.1, 0.15) is 5.69 Å². The van der Waals surface area contributed by atoms with Crippen LogP contribution in [0.25, 0.3) is 0 Å². The molecule has 0 fully saturated rings. The highest BCUT2D eigenvalue weighted by Crippen LogP contribution is 1.97. The number of nitrogens with zero attached hydrogens (tertiary/aromatic N) is 1. The number of rotatable bonds is 2. The first-order chi connectivity index (χ1) is 5.77. The van der Waals surface area contributed by atoms with Crippen LogP contribution < -0.4 is 17.0 Å². The van der Waals surface area contributed by atoms with Gasteiger partial charge >= 0.3 is 0 Å². The summed E-state index contributed by atoms with van der Waals surface area (Å²) < 4.78 is 0. The molecule has 12 heavy (non-hydrogen) atoms. The predicted octanol–water partition coefficient (Wildman–Crippen LogP) is -0.856. The molecular weight excluding hydrogens is 156 g/mol. The van der Waals surface area contributed by atoms with Crippen LogP contribution in [0.2, 0.25) is 0 Å². The van der Waals surface area contributed by atoms with Crippen LogP contribution in [0.4, 0.5) is 0 Å². The third-order valence-electron chi connectivity index (χ3n) is 1.38. The van der Waals surface area contributed by atoms with Crippen molar-refractivity contribution in [1.82, 2.24) is 10.4 Å². The van der Waals surface area contributed by atoms with E-state index in [4.69, 9.17) is 11.6 Å². The molecule has 0 saturated heterocycles. The molecule has 5 heteroatoms. The normalized spacial score (nSPS) is 9.50. The molecule has 1 rings (SSSR count). The Balaban J connectivity index is 2.93. The lowest BCUT2D eigenvalue weighted by atomic mass is 10.3. The lowest BCUT2D eigenvalue weighted by Gasteiger charge is -2.00. The fraction of sp³-hybridized carbons (Fsp3) is 0.143. The Morgan fingerprint density at radius 2 is 2.33 bits per heavy atom. The molecule has 64 valence electrons. The zero-order chi connectivity index (χ0) is 8.97. The van der Waals surface area contributed by atoms with Crippen molar-refractivity contribution in [1.29, 1.82) is 0 Å². The smallest absolute Gasteiger partial charge is 0.283 e. The molecule has 0 spiro atoms. The van der Waals surface area contributed by atoms with Crippen molar-refractivity contribution in [3.05, 3.63) is 29.6 Å². The van der Waals surface area contributed by atoms with Gasteiger partial charge in [-0.05, 0) is 12.1 Å². The molecule has 0 atom stereocenters. The molecule has 5 N–H and O–H groups in total. The second-order valence-corrected chi connectivity index (χ2v) is 2.19. The minimum absolute atomic E-state index is 0.278. The number of carbonyl (C=O) groups excluding carboxylic acids is 1. The van der Waals surface area contributed by atoms with Gasteiger partial charge in [0.25, 0.3) is 5.91 Å². The number of nitrogen functional groups attached to an aromatic ring is 1. The molecule has 0 saturated carbocycles. The van der Waals surface area contributed by atoms with Crippen LogP contribution in [0.3, 0.4) is 0 Å². The van der Waals surface area contributed by atoms with E-state index in [0.29, 0.717) is 12.2 Å². The van der Waals surface area contributed by atoms with E-state index >= 15 is 0 Å². The van der Waals surface area contributed by atoms with Gasteiger partial charge in [0, 0.05) is 6.54 Å². The number of nitrogens with one attached hydrogen (secondary N) is 1. The number of hydrogen-bond acceptors (Lipinski definition) is 4. The van der Waals surface area contributed by atoms with Crippen LogP contribution in [0, 0.1) is 0 Å². The molecule has 0 aliphatic carbocycles. The van der Waals surface area contributed by atoms with Crippen molar-refractivity contribution in [2.45, 2.75) is 6.54 Å². The minimum Gasteiger partial charge on any atom is -0.325 e. The summed E-state index contributed by atoms with van der Waals surface area (Å²) in [7, 11) is 0. The SMILES string of the molecule is NCc1cccc(C(=O)NN)n1. The molecule has 1 heterocycles. The molecule has 1 aromatic heterocycles. The van der Waals surface area contributed by atoms with Gasteiger partial charge < -0.3 is 5.73 Å². The van der Waals surface area contributed by atoms with Crippen LogP contribution in [0.15, 0.2) is 18.2 Å². The van der Waals surface area contributed by atoms with Gasteiger partial charge in [-0.25, -0.2) is 10.8 Å². The van der Waals surface area contributed by atoms with Crippen LogP contribution in [-0.4, -0.2) is 10.9 Å². The van der Waals surface area contributed by atoms with Crippen molar-refractivity contribution < 1.29 is 4.79 Å². The van der Waals surface area contributed by atoms with Gasteiger partial charge in [0.2, 0.25) is 0 Å². The number of hydrogen-bond donors (Lipinski definition) is 3. The minimum atomic E-state index is -0.412. The third kappa shape index (κ3) is 1.77. The molecule has 0 radical (unpaired) electrons. The van der Waals surface area contributed by atoms with Crippen molar-refractivity contribution in [3.63, 3.8) is 0 Å². The summed E-state index contributed by atoms with van der Waals surface area (Å²) in [5.74, 6) is 4.51. The van der Waals surface area contributed by atoms with E-state index < -0.39 is 5.91 Å². The number of carbonyl (C=O) groups is 1. The lowest BCUT2D eigenvalue weighted by molar-refractivity contribution is 0.0948. The number of amides is 1. The van der Waals surface area contributed by atoms with Crippen molar-refractivity contribution >= 4 is 5.91 Å². The van der Waals surface area contributed by atoms with Gasteiger partial charge in [0.15, 0.2) is 0 Å². The van der Waals surface area contributed by atoms with E-state index in [2.05, 4.69) is 4.98 Å². The highest BCUT2D eigenvalue weighted by Gasteiger charge is 2.04. The standard InChI is InChI=1S/C7H10N4O/c8-4-5-2-1-3-6(10-5)7(12)11-9/h1-3H,4,8-9H2,(H,11,12). The molecule has 1 aromatic rings. The zero-order valence-corrected chi connectivity index (χ0v) is 6.45. The summed E-state index contributed by atoms with van der Waals surface area (Å²) in [6, 6.07) is 5.02. The highest BCUT2D eigenvalue weighted by atomic mass is 16.2. The Morgan fingerprint density at radius 1 is 1.58 bits per heavy atom. The van der Waals surface area contributed by atoms with E-state index in [0.717, 1.165) is 0 Å². The van der Waals surface area contributed by atoms with E-state index in [-0.39, 0.29) is 5.69 Å². The van der Waals surface area contributed by atoms with Crippen LogP contribution in [0.5, 0.6) is 0 Å². The van der Waals surface area contributed by atoms with Crippen molar-refractivity contribution in [2.24, 2.45) is 11.6 Å². The Bertz CT molecular complexity index is 286. The van der Waals surface area contributed by atoms with Gasteiger partial charge in [-0.2, -0.15) is 0 Å². The summed E-state index contributed by atoms with van der Waals surface area (Å²) in [6.07, 6.45) is 0. The molecule has 0 aromatic carbocycles. The first kappa shape index (κ1) is 8.63. The number of pyridine rings is 1. The number of nitrogens with two attached hydrogens (primary N) is 2. The zero-order valence-electron chi connectivity index (χ0n) is 6.45. The summed E-state index contributed by atoms with van der Waals surface area (Å²) >= 11 is 0. The maximum atomic E-state index is 10.9. The average Bonchev–Trinajstić information content (AvgIpc) is 2.17. The predicted molar refractivity (Wildman–Crippen MR) is 43.8 cm³/mol. The monoisotopic (exact) mass is 166 g/mol. The Kier molecular flexibility index (Phi) is 2.73. The van der Waals surface area contributed by atoms with Crippen LogP contribution in [0.1, 0.15) is 16.2 Å². The first-order valence-corrected chi connectivity index (χ1v) is 3.45. The molecule has 1 amide bonds. The summed E-state index contributed by atoms with van der Waals surface area (Å²) in [6.45, 7) is 0.311. The maximum absolute atomic E-state index is 10.9.